The number of fused-ring (bicyclic) bond motifs is 19. The lowest BCUT2D eigenvalue weighted by Gasteiger charge is -2.29. The molecule has 0 atom stereocenters. The smallest absolute Gasteiger partial charge is 0.0468 e. The van der Waals surface area contributed by atoms with Gasteiger partial charge in [-0.15, -0.1) is 0 Å². The maximum Gasteiger partial charge on any atom is 0.0468 e. The summed E-state index contributed by atoms with van der Waals surface area (Å²) in [4.78, 5) is 4.90. The largest absolute Gasteiger partial charge is 0.310 e. The number of anilines is 6. The van der Waals surface area contributed by atoms with Crippen LogP contribution in [0, 0.1) is 0 Å². The van der Waals surface area contributed by atoms with Gasteiger partial charge in [0.1, 0.15) is 0 Å². The molecule has 0 aromatic heterocycles. The van der Waals surface area contributed by atoms with Crippen LogP contribution in [0.15, 0.2) is 249 Å². The highest BCUT2D eigenvalue weighted by atomic mass is 15.1. The highest BCUT2D eigenvalue weighted by Gasteiger charge is 2.39. The van der Waals surface area contributed by atoms with Gasteiger partial charge in [-0.1, -0.05) is 193 Å². The second kappa shape index (κ2) is 17.5. The van der Waals surface area contributed by atoms with E-state index in [9.17, 15) is 0 Å². The number of nitrogens with zero attached hydrogens (tertiary/aromatic N) is 2. The fourth-order valence-corrected chi connectivity index (χ4v) is 14.5. The Hall–Kier alpha value is -9.50. The van der Waals surface area contributed by atoms with Gasteiger partial charge in [-0.3, -0.25) is 0 Å². The van der Waals surface area contributed by atoms with Crippen molar-refractivity contribution in [1.29, 1.82) is 0 Å². The Kier molecular flexibility index (Phi) is 10.3. The first kappa shape index (κ1) is 47.5. The van der Waals surface area contributed by atoms with Crippen LogP contribution in [-0.4, -0.2) is 0 Å². The van der Waals surface area contributed by atoms with Crippen LogP contribution in [0.4, 0.5) is 34.1 Å². The Morgan fingerprint density at radius 1 is 0.247 bits per heavy atom. The molecule has 0 saturated carbocycles. The Balaban J connectivity index is 0.798. The molecule has 0 heterocycles. The summed E-state index contributed by atoms with van der Waals surface area (Å²) in [5, 5.41) is 18.1. The summed E-state index contributed by atoms with van der Waals surface area (Å²) in [5.74, 6) is 0.434. The molecule has 2 heteroatoms. The summed E-state index contributed by atoms with van der Waals surface area (Å²) in [6, 6.07) is 94.1. The van der Waals surface area contributed by atoms with E-state index in [-0.39, 0.29) is 10.8 Å². The molecule has 2 nitrogen and oxygen atoms in total. The van der Waals surface area contributed by atoms with E-state index in [0.717, 1.165) is 34.1 Å². The molecule has 16 rings (SSSR count). The Morgan fingerprint density at radius 3 is 0.926 bits per heavy atom. The van der Waals surface area contributed by atoms with Gasteiger partial charge in [0, 0.05) is 45.0 Å². The highest BCUT2D eigenvalue weighted by Crippen LogP contribution is 2.55. The highest BCUT2D eigenvalue weighted by molar-refractivity contribution is 6.27. The van der Waals surface area contributed by atoms with Gasteiger partial charge in [-0.2, -0.15) is 0 Å². The molecule has 2 aliphatic carbocycles. The third-order valence-corrected chi connectivity index (χ3v) is 18.7. The van der Waals surface area contributed by atoms with Gasteiger partial charge in [0.15, 0.2) is 0 Å². The van der Waals surface area contributed by atoms with Crippen LogP contribution < -0.4 is 9.80 Å². The maximum absolute atomic E-state index is 2.51. The summed E-state index contributed by atoms with van der Waals surface area (Å²) in [7, 11) is 0. The normalized spacial score (nSPS) is 13.9. The number of hydrogen-bond donors (Lipinski definition) is 0. The van der Waals surface area contributed by atoms with Crippen molar-refractivity contribution in [3.05, 3.63) is 277 Å². The molecule has 0 N–H and O–H groups in total. The van der Waals surface area contributed by atoms with Crippen molar-refractivity contribution in [3.63, 3.8) is 0 Å². The second-order valence-electron chi connectivity index (χ2n) is 24.2. The van der Waals surface area contributed by atoms with Crippen LogP contribution in [0.5, 0.6) is 0 Å². The summed E-state index contributed by atoms with van der Waals surface area (Å²) in [5.41, 5.74) is 18.4. The molecular formula is C79H60N2. The van der Waals surface area contributed by atoms with Gasteiger partial charge in [0.25, 0.3) is 0 Å². The number of para-hydroxylation sites is 1. The first-order valence-electron chi connectivity index (χ1n) is 28.8. The van der Waals surface area contributed by atoms with Gasteiger partial charge in [0.05, 0.1) is 0 Å². The molecule has 386 valence electrons. The lowest BCUT2D eigenvalue weighted by atomic mass is 9.81. The zero-order chi connectivity index (χ0) is 54.5. The first-order valence-corrected chi connectivity index (χ1v) is 28.8. The number of rotatable bonds is 7. The summed E-state index contributed by atoms with van der Waals surface area (Å²) in [6.45, 7) is 14.2. The third-order valence-electron chi connectivity index (χ3n) is 18.7. The van der Waals surface area contributed by atoms with Crippen molar-refractivity contribution in [2.75, 3.05) is 9.80 Å². The van der Waals surface area contributed by atoms with E-state index in [1.165, 1.54) is 125 Å². The first-order chi connectivity index (χ1) is 39.5. The van der Waals surface area contributed by atoms with Crippen LogP contribution >= 0.6 is 0 Å². The quantitative estimate of drug-likeness (QED) is 0.147. The molecule has 2 aliphatic rings. The zero-order valence-electron chi connectivity index (χ0n) is 46.6. The minimum atomic E-state index is -0.225. The summed E-state index contributed by atoms with van der Waals surface area (Å²) >= 11 is 0. The van der Waals surface area contributed by atoms with Gasteiger partial charge < -0.3 is 9.80 Å². The SMILES string of the molecule is CC(C)c1ccc(N(c2ccc3c(c2)C(C)(C)c2cc4c5ccccc5c5ccccc5c4cc2-3)c2ccc3cc(N(c4ccccc4)c4ccc5c(c4)C(C)(C)c4cc6c7ccccc7c7ccccc7c6cc4-5)ccc3c2)cc1. The molecular weight excluding hydrogens is 977 g/mol. The number of hydrogen-bond acceptors (Lipinski definition) is 2. The average molecular weight is 1040 g/mol. The topological polar surface area (TPSA) is 6.48 Å². The fourth-order valence-electron chi connectivity index (χ4n) is 14.5. The standard InChI is InChI=1S/C79H60N2/c1-48(2)49-28-32-53(33-29-49)81(57-37-39-67-73-45-69-63-25-15-11-21-59(63)61-23-13-17-27-65(61)71(69)47-77(73)79(5,6)75(67)43-57)55-35-31-50-40-54(34-30-51(50)41-55)80(52-18-8-7-9-19-52)56-36-38-66-72-44-68-62-24-14-10-20-58(62)60-22-12-16-26-64(60)70(68)46-76(72)78(3,4)74(66)42-56/h7-48H,1-6H3. The molecule has 81 heavy (non-hydrogen) atoms. The van der Waals surface area contributed by atoms with Gasteiger partial charge >= 0.3 is 0 Å². The van der Waals surface area contributed by atoms with E-state index in [2.05, 4.69) is 300 Å². The average Bonchev–Trinajstić information content (AvgIpc) is 3.11. The summed E-state index contributed by atoms with van der Waals surface area (Å²) < 4.78 is 0. The predicted octanol–water partition coefficient (Wildman–Crippen LogP) is 22.4. The lowest BCUT2D eigenvalue weighted by molar-refractivity contribution is 0.661. The van der Waals surface area contributed by atoms with Crippen LogP contribution in [0.3, 0.4) is 0 Å². The molecule has 0 bridgehead atoms. The molecule has 14 aromatic carbocycles. The molecule has 0 spiro atoms. The van der Waals surface area contributed by atoms with Crippen molar-refractivity contribution < 1.29 is 0 Å². The Labute approximate surface area is 473 Å². The molecule has 0 unspecified atom stereocenters. The van der Waals surface area contributed by atoms with Gasteiger partial charge in [-0.25, -0.2) is 0 Å². The van der Waals surface area contributed by atoms with E-state index in [4.69, 9.17) is 0 Å². The molecule has 0 amide bonds. The molecule has 0 radical (unpaired) electrons. The third kappa shape index (κ3) is 7.06. The minimum Gasteiger partial charge on any atom is -0.310 e. The van der Waals surface area contributed by atoms with Gasteiger partial charge in [-0.05, 0) is 228 Å². The fraction of sp³-hybridized carbons (Fsp3) is 0.114. The van der Waals surface area contributed by atoms with Crippen molar-refractivity contribution >= 4 is 110 Å². The van der Waals surface area contributed by atoms with Crippen molar-refractivity contribution in [1.82, 2.24) is 0 Å². The summed E-state index contributed by atoms with van der Waals surface area (Å²) in [6.07, 6.45) is 0. The Bertz CT molecular complexity index is 4960. The van der Waals surface area contributed by atoms with E-state index in [0.29, 0.717) is 5.92 Å². The lowest BCUT2D eigenvalue weighted by Crippen LogP contribution is -2.17. The second-order valence-corrected chi connectivity index (χ2v) is 24.2. The Morgan fingerprint density at radius 2 is 0.543 bits per heavy atom. The van der Waals surface area contributed by atoms with E-state index in [1.807, 2.05) is 0 Å². The molecule has 0 saturated heterocycles. The van der Waals surface area contributed by atoms with Gasteiger partial charge in [0.2, 0.25) is 0 Å². The van der Waals surface area contributed by atoms with Crippen molar-refractivity contribution in [2.24, 2.45) is 0 Å². The minimum absolute atomic E-state index is 0.220. The maximum atomic E-state index is 2.51. The zero-order valence-corrected chi connectivity index (χ0v) is 46.6. The van der Waals surface area contributed by atoms with Crippen LogP contribution in [0.2, 0.25) is 0 Å². The monoisotopic (exact) mass is 1040 g/mol. The molecule has 0 fully saturated rings. The van der Waals surface area contributed by atoms with Crippen molar-refractivity contribution in [3.8, 4) is 22.3 Å². The van der Waals surface area contributed by atoms with Crippen molar-refractivity contribution in [2.45, 2.75) is 58.3 Å². The van der Waals surface area contributed by atoms with Crippen LogP contribution in [-0.2, 0) is 10.8 Å². The van der Waals surface area contributed by atoms with Crippen LogP contribution in [0.1, 0.15) is 75.3 Å². The van der Waals surface area contributed by atoms with E-state index < -0.39 is 0 Å². The van der Waals surface area contributed by atoms with Crippen LogP contribution in [0.25, 0.3) is 97.7 Å². The van der Waals surface area contributed by atoms with E-state index >= 15 is 0 Å². The van der Waals surface area contributed by atoms with E-state index in [1.54, 1.807) is 0 Å². The number of benzene rings is 14. The molecule has 0 aliphatic heterocycles. The predicted molar refractivity (Wildman–Crippen MR) is 348 cm³/mol. The molecule has 14 aromatic rings.